The molecular formula is C12H22N2O3. The Morgan fingerprint density at radius 3 is 2.76 bits per heavy atom. The second-order valence-electron chi connectivity index (χ2n) is 5.14. The van der Waals surface area contributed by atoms with Gasteiger partial charge < -0.3 is 19.7 Å². The molecule has 5 heteroatoms. The lowest BCUT2D eigenvalue weighted by molar-refractivity contribution is -0.0479. The van der Waals surface area contributed by atoms with Crippen molar-refractivity contribution in [2.45, 2.75) is 45.9 Å². The van der Waals surface area contributed by atoms with Crippen LogP contribution in [0.25, 0.3) is 0 Å². The van der Waals surface area contributed by atoms with E-state index < -0.39 is 6.10 Å². The first-order chi connectivity index (χ1) is 7.87. The maximum Gasteiger partial charge on any atom is 0.133 e. The fourth-order valence-corrected chi connectivity index (χ4v) is 1.27. The van der Waals surface area contributed by atoms with E-state index in [0.29, 0.717) is 19.7 Å². The third-order valence-corrected chi connectivity index (χ3v) is 2.07. The summed E-state index contributed by atoms with van der Waals surface area (Å²) in [5.41, 5.74) is 0.621. The van der Waals surface area contributed by atoms with Crippen LogP contribution in [-0.4, -0.2) is 35.1 Å². The van der Waals surface area contributed by atoms with E-state index >= 15 is 0 Å². The molecule has 0 saturated heterocycles. The van der Waals surface area contributed by atoms with Crippen LogP contribution in [0.5, 0.6) is 0 Å². The molecule has 0 fully saturated rings. The van der Waals surface area contributed by atoms with Gasteiger partial charge in [0, 0.05) is 19.2 Å². The van der Waals surface area contributed by atoms with E-state index in [2.05, 4.69) is 10.5 Å². The first-order valence-corrected chi connectivity index (χ1v) is 5.82. The Labute approximate surface area is 102 Å². The minimum Gasteiger partial charge on any atom is -0.389 e. The second kappa shape index (κ2) is 6.14. The van der Waals surface area contributed by atoms with E-state index in [-0.39, 0.29) is 5.60 Å². The van der Waals surface area contributed by atoms with Gasteiger partial charge in [-0.2, -0.15) is 0 Å². The minimum atomic E-state index is -0.512. The van der Waals surface area contributed by atoms with Gasteiger partial charge in [-0.15, -0.1) is 0 Å². The highest BCUT2D eigenvalue weighted by Gasteiger charge is 2.13. The fraction of sp³-hybridized carbons (Fsp3) is 0.750. The molecule has 0 aromatic carbocycles. The molecule has 0 amide bonds. The molecule has 1 atom stereocenters. The zero-order valence-corrected chi connectivity index (χ0v) is 11.0. The number of nitrogens with zero attached hydrogens (tertiary/aromatic N) is 1. The molecule has 1 rings (SSSR count). The Balaban J connectivity index is 2.14. The lowest BCUT2D eigenvalue weighted by atomic mass is 10.2. The zero-order chi connectivity index (χ0) is 12.9. The molecule has 0 saturated carbocycles. The normalized spacial score (nSPS) is 13.9. The third kappa shape index (κ3) is 6.41. The van der Waals surface area contributed by atoms with E-state index in [1.807, 2.05) is 33.8 Å². The number of ether oxygens (including phenoxy) is 1. The summed E-state index contributed by atoms with van der Waals surface area (Å²) in [4.78, 5) is 0. The largest absolute Gasteiger partial charge is 0.389 e. The lowest BCUT2D eigenvalue weighted by Crippen LogP contribution is -2.33. The number of hydrogen-bond acceptors (Lipinski definition) is 5. The van der Waals surface area contributed by atoms with Crippen molar-refractivity contribution in [2.75, 3.05) is 13.2 Å². The highest BCUT2D eigenvalue weighted by molar-refractivity contribution is 5.02. The fourth-order valence-electron chi connectivity index (χ4n) is 1.27. The molecule has 17 heavy (non-hydrogen) atoms. The van der Waals surface area contributed by atoms with Gasteiger partial charge in [-0.05, 0) is 27.7 Å². The molecule has 0 aliphatic carbocycles. The molecule has 5 nitrogen and oxygen atoms in total. The van der Waals surface area contributed by atoms with Gasteiger partial charge in [0.05, 0.1) is 24.0 Å². The van der Waals surface area contributed by atoms with Crippen molar-refractivity contribution in [1.29, 1.82) is 0 Å². The number of aryl methyl sites for hydroxylation is 1. The predicted octanol–water partition coefficient (Wildman–Crippen LogP) is 1.25. The highest BCUT2D eigenvalue weighted by Crippen LogP contribution is 2.07. The first-order valence-electron chi connectivity index (χ1n) is 5.82. The Kier molecular flexibility index (Phi) is 5.11. The maximum absolute atomic E-state index is 9.66. The third-order valence-electron chi connectivity index (χ3n) is 2.07. The molecule has 1 heterocycles. The van der Waals surface area contributed by atoms with Gasteiger partial charge in [-0.1, -0.05) is 5.16 Å². The van der Waals surface area contributed by atoms with Crippen LogP contribution >= 0.6 is 0 Å². The SMILES string of the molecule is Cc1cc(CNCC(O)COC(C)(C)C)no1. The maximum atomic E-state index is 9.66. The number of rotatable bonds is 6. The molecule has 0 aliphatic rings. The number of nitrogens with one attached hydrogen (secondary N) is 1. The molecule has 98 valence electrons. The lowest BCUT2D eigenvalue weighted by Gasteiger charge is -2.22. The summed E-state index contributed by atoms with van der Waals surface area (Å²) >= 11 is 0. The van der Waals surface area contributed by atoms with Crippen LogP contribution in [0, 0.1) is 6.92 Å². The molecule has 0 spiro atoms. The molecule has 0 aliphatic heterocycles. The van der Waals surface area contributed by atoms with Crippen molar-refractivity contribution in [3.05, 3.63) is 17.5 Å². The molecule has 1 aromatic rings. The van der Waals surface area contributed by atoms with Crippen molar-refractivity contribution in [1.82, 2.24) is 10.5 Å². The van der Waals surface area contributed by atoms with Gasteiger partial charge in [0.2, 0.25) is 0 Å². The summed E-state index contributed by atoms with van der Waals surface area (Å²) < 4.78 is 10.4. The van der Waals surface area contributed by atoms with Gasteiger partial charge in [0.25, 0.3) is 0 Å². The van der Waals surface area contributed by atoms with E-state index in [1.165, 1.54) is 0 Å². The van der Waals surface area contributed by atoms with E-state index in [1.54, 1.807) is 0 Å². The summed E-state index contributed by atoms with van der Waals surface area (Å²) in [7, 11) is 0. The topological polar surface area (TPSA) is 67.5 Å². The molecule has 0 bridgehead atoms. The summed E-state index contributed by atoms with van der Waals surface area (Å²) in [6, 6.07) is 1.87. The van der Waals surface area contributed by atoms with Gasteiger partial charge in [0.1, 0.15) is 5.76 Å². The standard InChI is InChI=1S/C12H22N2O3/c1-9-5-10(14-17-9)6-13-7-11(15)8-16-12(2,3)4/h5,11,13,15H,6-8H2,1-4H3. The molecule has 1 aromatic heterocycles. The Hall–Kier alpha value is -0.910. The Bertz CT molecular complexity index is 331. The highest BCUT2D eigenvalue weighted by atomic mass is 16.5. The molecule has 0 radical (unpaired) electrons. The van der Waals surface area contributed by atoms with Crippen LogP contribution in [0.4, 0.5) is 0 Å². The quantitative estimate of drug-likeness (QED) is 0.785. The number of aromatic nitrogens is 1. The Morgan fingerprint density at radius 2 is 2.24 bits per heavy atom. The summed E-state index contributed by atoms with van der Waals surface area (Å²) in [5, 5.41) is 16.6. The Morgan fingerprint density at radius 1 is 1.53 bits per heavy atom. The molecular weight excluding hydrogens is 220 g/mol. The smallest absolute Gasteiger partial charge is 0.133 e. The van der Waals surface area contributed by atoms with E-state index in [4.69, 9.17) is 9.26 Å². The van der Waals surface area contributed by atoms with Crippen LogP contribution in [0.2, 0.25) is 0 Å². The monoisotopic (exact) mass is 242 g/mol. The van der Waals surface area contributed by atoms with Crippen LogP contribution < -0.4 is 5.32 Å². The minimum absolute atomic E-state index is 0.218. The number of hydrogen-bond donors (Lipinski definition) is 2. The van der Waals surface area contributed by atoms with Crippen molar-refractivity contribution >= 4 is 0 Å². The summed E-state index contributed by atoms with van der Waals surface area (Å²) in [6.07, 6.45) is -0.512. The number of aliphatic hydroxyl groups is 1. The van der Waals surface area contributed by atoms with Gasteiger partial charge in [-0.3, -0.25) is 0 Å². The van der Waals surface area contributed by atoms with Gasteiger partial charge >= 0.3 is 0 Å². The zero-order valence-electron chi connectivity index (χ0n) is 11.0. The van der Waals surface area contributed by atoms with Crippen LogP contribution in [0.15, 0.2) is 10.6 Å². The van der Waals surface area contributed by atoms with Crippen LogP contribution in [0.1, 0.15) is 32.2 Å². The summed E-state index contributed by atoms with van der Waals surface area (Å²) in [6.45, 7) is 9.13. The second-order valence-corrected chi connectivity index (χ2v) is 5.14. The van der Waals surface area contributed by atoms with Crippen molar-refractivity contribution in [3.63, 3.8) is 0 Å². The van der Waals surface area contributed by atoms with Crippen LogP contribution in [0.3, 0.4) is 0 Å². The molecule has 2 N–H and O–H groups in total. The van der Waals surface area contributed by atoms with Gasteiger partial charge in [0.15, 0.2) is 0 Å². The van der Waals surface area contributed by atoms with Crippen molar-refractivity contribution < 1.29 is 14.4 Å². The van der Waals surface area contributed by atoms with Crippen LogP contribution in [-0.2, 0) is 11.3 Å². The van der Waals surface area contributed by atoms with E-state index in [9.17, 15) is 5.11 Å². The van der Waals surface area contributed by atoms with Crippen molar-refractivity contribution in [3.8, 4) is 0 Å². The average Bonchev–Trinajstić information content (AvgIpc) is 2.60. The van der Waals surface area contributed by atoms with Gasteiger partial charge in [-0.25, -0.2) is 0 Å². The van der Waals surface area contributed by atoms with E-state index in [0.717, 1.165) is 11.5 Å². The van der Waals surface area contributed by atoms with Crippen molar-refractivity contribution in [2.24, 2.45) is 0 Å². The predicted molar refractivity (Wildman–Crippen MR) is 64.7 cm³/mol. The average molecular weight is 242 g/mol. The number of aliphatic hydroxyl groups excluding tert-OH is 1. The summed E-state index contributed by atoms with van der Waals surface area (Å²) in [5.74, 6) is 0.790. The molecule has 1 unspecified atom stereocenters. The first kappa shape index (κ1) is 14.2.